The van der Waals surface area contributed by atoms with Crippen LogP contribution in [-0.4, -0.2) is 18.0 Å². The lowest BCUT2D eigenvalue weighted by Crippen LogP contribution is -2.13. The van der Waals surface area contributed by atoms with Crippen LogP contribution in [0, 0.1) is 6.92 Å². The molecule has 0 atom stereocenters. The van der Waals surface area contributed by atoms with Gasteiger partial charge in [-0.3, -0.25) is 4.72 Å². The van der Waals surface area contributed by atoms with Gasteiger partial charge in [-0.15, -0.1) is 0 Å². The second kappa shape index (κ2) is 6.70. The maximum absolute atomic E-state index is 12.6. The maximum atomic E-state index is 12.6. The van der Waals surface area contributed by atoms with Crippen LogP contribution in [0.2, 0.25) is 0 Å². The van der Waals surface area contributed by atoms with E-state index in [1.165, 1.54) is 11.8 Å². The van der Waals surface area contributed by atoms with Crippen LogP contribution in [0.1, 0.15) is 5.56 Å². The van der Waals surface area contributed by atoms with Crippen LogP contribution in [-0.2, 0) is 17.1 Å². The summed E-state index contributed by atoms with van der Waals surface area (Å²) in [5.74, 6) is 0. The van der Waals surface area contributed by atoms with E-state index in [1.54, 1.807) is 36.5 Å². The molecule has 0 aliphatic carbocycles. The highest BCUT2D eigenvalue weighted by Gasteiger charge is 2.17. The van der Waals surface area contributed by atoms with Crippen molar-refractivity contribution in [1.29, 1.82) is 0 Å². The van der Waals surface area contributed by atoms with Gasteiger partial charge in [0.15, 0.2) is 5.16 Å². The topological polar surface area (TPSA) is 64.0 Å². The molecule has 0 saturated heterocycles. The van der Waals surface area contributed by atoms with Gasteiger partial charge in [-0.2, -0.15) is 0 Å². The van der Waals surface area contributed by atoms with Crippen molar-refractivity contribution in [3.8, 4) is 0 Å². The standard InChI is InChI=1S/C17H17N3O2S2/c1-13-6-5-7-14(12-13)24(21,22)19-15-8-3-4-9-16(15)23-17-18-10-11-20(17)2/h3-12,19H,1-2H3. The van der Waals surface area contributed by atoms with Crippen molar-refractivity contribution in [2.24, 2.45) is 7.05 Å². The van der Waals surface area contributed by atoms with E-state index in [9.17, 15) is 8.42 Å². The van der Waals surface area contributed by atoms with Crippen molar-refractivity contribution in [3.63, 3.8) is 0 Å². The molecule has 1 aromatic heterocycles. The van der Waals surface area contributed by atoms with E-state index in [4.69, 9.17) is 0 Å². The van der Waals surface area contributed by atoms with E-state index in [0.29, 0.717) is 5.69 Å². The number of imidazole rings is 1. The summed E-state index contributed by atoms with van der Waals surface area (Å²) in [5, 5.41) is 0.789. The molecule has 1 heterocycles. The van der Waals surface area contributed by atoms with E-state index >= 15 is 0 Å². The SMILES string of the molecule is Cc1cccc(S(=O)(=O)Nc2ccccc2Sc2nccn2C)c1. The fraction of sp³-hybridized carbons (Fsp3) is 0.118. The number of hydrogen-bond acceptors (Lipinski definition) is 4. The minimum Gasteiger partial charge on any atom is -0.329 e. The lowest BCUT2D eigenvalue weighted by molar-refractivity contribution is 0.601. The number of nitrogens with zero attached hydrogens (tertiary/aromatic N) is 2. The molecule has 3 rings (SSSR count). The minimum absolute atomic E-state index is 0.249. The molecule has 0 saturated carbocycles. The summed E-state index contributed by atoms with van der Waals surface area (Å²) in [5.41, 5.74) is 1.43. The summed E-state index contributed by atoms with van der Waals surface area (Å²) in [6.45, 7) is 1.86. The van der Waals surface area contributed by atoms with Crippen molar-refractivity contribution in [1.82, 2.24) is 9.55 Å². The Kier molecular flexibility index (Phi) is 4.64. The number of para-hydroxylation sites is 1. The Morgan fingerprint density at radius 3 is 2.62 bits per heavy atom. The number of sulfonamides is 1. The molecule has 0 aliphatic rings. The van der Waals surface area contributed by atoms with Crippen LogP contribution in [0.4, 0.5) is 5.69 Å². The zero-order valence-corrected chi connectivity index (χ0v) is 14.9. The summed E-state index contributed by atoms with van der Waals surface area (Å²) >= 11 is 1.41. The Morgan fingerprint density at radius 1 is 1.12 bits per heavy atom. The molecule has 1 N–H and O–H groups in total. The highest BCUT2D eigenvalue weighted by Crippen LogP contribution is 2.33. The lowest BCUT2D eigenvalue weighted by Gasteiger charge is -2.12. The first-order valence-corrected chi connectivity index (χ1v) is 9.59. The van der Waals surface area contributed by atoms with Crippen molar-refractivity contribution in [3.05, 3.63) is 66.5 Å². The molecule has 0 bridgehead atoms. The molecule has 0 amide bonds. The van der Waals surface area contributed by atoms with Crippen molar-refractivity contribution >= 4 is 27.5 Å². The third-order valence-corrected chi connectivity index (χ3v) is 5.92. The second-order valence-corrected chi connectivity index (χ2v) is 8.03. The van der Waals surface area contributed by atoms with Crippen molar-refractivity contribution < 1.29 is 8.42 Å². The van der Waals surface area contributed by atoms with Crippen LogP contribution in [0.25, 0.3) is 0 Å². The van der Waals surface area contributed by atoms with Crippen LogP contribution in [0.3, 0.4) is 0 Å². The Labute approximate surface area is 145 Å². The quantitative estimate of drug-likeness (QED) is 0.755. The van der Waals surface area contributed by atoms with Crippen LogP contribution < -0.4 is 4.72 Å². The molecule has 0 unspecified atom stereocenters. The Morgan fingerprint density at radius 2 is 1.92 bits per heavy atom. The van der Waals surface area contributed by atoms with Gasteiger partial charge in [0.1, 0.15) is 0 Å². The van der Waals surface area contributed by atoms with E-state index < -0.39 is 10.0 Å². The number of benzene rings is 2. The van der Waals surface area contributed by atoms with Crippen molar-refractivity contribution in [2.45, 2.75) is 21.9 Å². The molecule has 0 fully saturated rings. The summed E-state index contributed by atoms with van der Waals surface area (Å²) in [6.07, 6.45) is 3.56. The van der Waals surface area contributed by atoms with Crippen LogP contribution in [0.5, 0.6) is 0 Å². The van der Waals surface area contributed by atoms with Crippen LogP contribution in [0.15, 0.2) is 75.9 Å². The lowest BCUT2D eigenvalue weighted by atomic mass is 10.2. The molecular formula is C17H17N3O2S2. The second-order valence-electron chi connectivity index (χ2n) is 5.34. The smallest absolute Gasteiger partial charge is 0.261 e. The molecule has 2 aromatic carbocycles. The number of rotatable bonds is 5. The van der Waals surface area contributed by atoms with Gasteiger partial charge in [-0.25, -0.2) is 13.4 Å². The van der Waals surface area contributed by atoms with Gasteiger partial charge in [-0.05, 0) is 48.5 Å². The van der Waals surface area contributed by atoms with Gasteiger partial charge < -0.3 is 4.57 Å². The van der Waals surface area contributed by atoms with Gasteiger partial charge in [0.05, 0.1) is 10.6 Å². The van der Waals surface area contributed by atoms with E-state index in [1.807, 2.05) is 42.9 Å². The fourth-order valence-electron chi connectivity index (χ4n) is 2.17. The van der Waals surface area contributed by atoms with Gasteiger partial charge in [0.25, 0.3) is 10.0 Å². The average Bonchev–Trinajstić information content (AvgIpc) is 2.94. The Hall–Kier alpha value is -2.25. The highest BCUT2D eigenvalue weighted by atomic mass is 32.2. The summed E-state index contributed by atoms with van der Waals surface area (Å²) in [6, 6.07) is 14.1. The first-order valence-electron chi connectivity index (χ1n) is 7.29. The third kappa shape index (κ3) is 3.63. The number of anilines is 1. The van der Waals surface area contributed by atoms with Gasteiger partial charge in [0, 0.05) is 24.3 Å². The highest BCUT2D eigenvalue weighted by molar-refractivity contribution is 7.99. The van der Waals surface area contributed by atoms with Gasteiger partial charge in [0.2, 0.25) is 0 Å². The monoisotopic (exact) mass is 359 g/mol. The molecule has 7 heteroatoms. The first kappa shape index (κ1) is 16.6. The minimum atomic E-state index is -3.64. The predicted octanol–water partition coefficient (Wildman–Crippen LogP) is 3.68. The largest absolute Gasteiger partial charge is 0.329 e. The molecule has 5 nitrogen and oxygen atoms in total. The molecule has 0 spiro atoms. The van der Waals surface area contributed by atoms with Gasteiger partial charge >= 0.3 is 0 Å². The average molecular weight is 359 g/mol. The summed E-state index contributed by atoms with van der Waals surface area (Å²) in [4.78, 5) is 5.31. The number of aryl methyl sites for hydroxylation is 2. The normalized spacial score (nSPS) is 11.4. The molecule has 0 aliphatic heterocycles. The van der Waals surface area contributed by atoms with E-state index in [-0.39, 0.29) is 4.90 Å². The summed E-state index contributed by atoms with van der Waals surface area (Å²) in [7, 11) is -1.74. The predicted molar refractivity (Wildman–Crippen MR) is 95.8 cm³/mol. The summed E-state index contributed by atoms with van der Waals surface area (Å²) < 4.78 is 29.8. The maximum Gasteiger partial charge on any atom is 0.261 e. The molecule has 124 valence electrons. The molecule has 0 radical (unpaired) electrons. The van der Waals surface area contributed by atoms with Crippen molar-refractivity contribution in [2.75, 3.05) is 4.72 Å². The van der Waals surface area contributed by atoms with Gasteiger partial charge in [-0.1, -0.05) is 24.3 Å². The number of aromatic nitrogens is 2. The number of nitrogens with one attached hydrogen (secondary N) is 1. The third-order valence-electron chi connectivity index (χ3n) is 3.41. The zero-order chi connectivity index (χ0) is 17.2. The Bertz CT molecular complexity index is 965. The molecule has 24 heavy (non-hydrogen) atoms. The van der Waals surface area contributed by atoms with Crippen LogP contribution >= 0.6 is 11.8 Å². The molecular weight excluding hydrogens is 342 g/mol. The zero-order valence-electron chi connectivity index (χ0n) is 13.3. The fourth-order valence-corrected chi connectivity index (χ4v) is 4.31. The number of hydrogen-bond donors (Lipinski definition) is 1. The van der Waals surface area contributed by atoms with E-state index in [0.717, 1.165) is 15.6 Å². The first-order chi connectivity index (χ1) is 11.5. The van der Waals surface area contributed by atoms with E-state index in [2.05, 4.69) is 9.71 Å². The Balaban J connectivity index is 1.92. The molecule has 3 aromatic rings.